The lowest BCUT2D eigenvalue weighted by atomic mass is 9.77. The van der Waals surface area contributed by atoms with E-state index in [2.05, 4.69) is 11.6 Å². The van der Waals surface area contributed by atoms with Crippen LogP contribution < -0.4 is 9.46 Å². The van der Waals surface area contributed by atoms with Crippen molar-refractivity contribution in [1.82, 2.24) is 0 Å². The van der Waals surface area contributed by atoms with Crippen LogP contribution >= 0.6 is 0 Å². The summed E-state index contributed by atoms with van der Waals surface area (Å²) in [7, 11) is -3.33. The molecule has 0 saturated heterocycles. The first kappa shape index (κ1) is 28.5. The van der Waals surface area contributed by atoms with Crippen LogP contribution in [0.1, 0.15) is 73.7 Å². The lowest BCUT2D eigenvalue weighted by Gasteiger charge is -2.29. The van der Waals surface area contributed by atoms with Crippen molar-refractivity contribution in [3.8, 4) is 16.9 Å². The molecule has 0 aromatic heterocycles. The van der Waals surface area contributed by atoms with Crippen molar-refractivity contribution in [2.45, 2.75) is 62.7 Å². The number of anilines is 1. The molecular formula is C30H33F2NO5S. The zero-order valence-corrected chi connectivity index (χ0v) is 22.9. The van der Waals surface area contributed by atoms with E-state index in [9.17, 15) is 17.6 Å². The van der Waals surface area contributed by atoms with Crippen molar-refractivity contribution in [3.63, 3.8) is 0 Å². The normalized spacial score (nSPS) is 17.5. The van der Waals surface area contributed by atoms with Gasteiger partial charge in [-0.25, -0.2) is 22.0 Å². The number of aromatic carboxylic acids is 1. The zero-order chi connectivity index (χ0) is 28.2. The molecule has 2 N–H and O–H groups in total. The minimum absolute atomic E-state index is 0.118. The molecule has 3 aromatic carbocycles. The molecule has 0 unspecified atom stereocenters. The molecule has 0 bridgehead atoms. The molecule has 6 nitrogen and oxygen atoms in total. The molecule has 0 spiro atoms. The highest BCUT2D eigenvalue weighted by Gasteiger charge is 2.26. The number of nitrogens with one attached hydrogen (secondary N) is 1. The topological polar surface area (TPSA) is 92.7 Å². The van der Waals surface area contributed by atoms with Crippen LogP contribution in [0.4, 0.5) is 14.5 Å². The lowest BCUT2D eigenvalue weighted by Crippen LogP contribution is -2.16. The van der Waals surface area contributed by atoms with Crippen LogP contribution in [-0.2, 0) is 10.0 Å². The predicted molar refractivity (Wildman–Crippen MR) is 147 cm³/mol. The minimum Gasteiger partial charge on any atom is -0.495 e. The Kier molecular flexibility index (Phi) is 8.90. The lowest BCUT2D eigenvalue weighted by molar-refractivity contribution is 0.0691. The fourth-order valence-electron chi connectivity index (χ4n) is 5.32. The van der Waals surface area contributed by atoms with Crippen molar-refractivity contribution in [2.75, 3.05) is 11.8 Å². The number of ether oxygens (including phenoxy) is 1. The fraction of sp³-hybridized carbons (Fsp3) is 0.367. The van der Waals surface area contributed by atoms with Gasteiger partial charge in [0, 0.05) is 11.6 Å². The minimum atomic E-state index is -4.51. The molecule has 1 aliphatic rings. The summed E-state index contributed by atoms with van der Waals surface area (Å²) in [4.78, 5) is 10.6. The third-order valence-electron chi connectivity index (χ3n) is 7.52. The second kappa shape index (κ2) is 12.2. The summed E-state index contributed by atoms with van der Waals surface area (Å²) in [5, 5.41) is 9.11. The molecule has 4 rings (SSSR count). The molecule has 3 aromatic rings. The number of methoxy groups -OCH3 is 1. The zero-order valence-electron chi connectivity index (χ0n) is 22.0. The largest absolute Gasteiger partial charge is 0.495 e. The van der Waals surface area contributed by atoms with Crippen LogP contribution in [0.2, 0.25) is 0 Å². The average molecular weight is 558 g/mol. The molecule has 0 atom stereocenters. The fourth-order valence-corrected chi connectivity index (χ4v) is 6.48. The van der Waals surface area contributed by atoms with E-state index < -0.39 is 38.1 Å². The summed E-state index contributed by atoms with van der Waals surface area (Å²) in [6, 6.07) is 13.2. The van der Waals surface area contributed by atoms with Gasteiger partial charge in [0.05, 0.1) is 18.4 Å². The molecular weight excluding hydrogens is 524 g/mol. The molecule has 1 fully saturated rings. The maximum Gasteiger partial charge on any atom is 0.338 e. The van der Waals surface area contributed by atoms with Crippen LogP contribution in [0.3, 0.4) is 0 Å². The van der Waals surface area contributed by atoms with Gasteiger partial charge >= 0.3 is 5.97 Å². The van der Waals surface area contributed by atoms with E-state index in [0.29, 0.717) is 17.5 Å². The number of carboxylic acids is 1. The Morgan fingerprint density at radius 2 is 1.74 bits per heavy atom. The van der Waals surface area contributed by atoms with Crippen molar-refractivity contribution in [2.24, 2.45) is 5.92 Å². The molecule has 0 aliphatic heterocycles. The maximum atomic E-state index is 15.6. The van der Waals surface area contributed by atoms with E-state index >= 15 is 4.39 Å². The summed E-state index contributed by atoms with van der Waals surface area (Å²) < 4.78 is 63.2. The number of rotatable bonds is 10. The Hall–Kier alpha value is -3.46. The van der Waals surface area contributed by atoms with Crippen LogP contribution in [0.25, 0.3) is 11.1 Å². The predicted octanol–water partition coefficient (Wildman–Crippen LogP) is 7.60. The van der Waals surface area contributed by atoms with E-state index in [4.69, 9.17) is 9.84 Å². The van der Waals surface area contributed by atoms with Crippen LogP contribution in [0.15, 0.2) is 59.5 Å². The summed E-state index contributed by atoms with van der Waals surface area (Å²) >= 11 is 0. The second-order valence-corrected chi connectivity index (χ2v) is 11.7. The highest BCUT2D eigenvalue weighted by molar-refractivity contribution is 7.92. The van der Waals surface area contributed by atoms with Crippen LogP contribution in [0.5, 0.6) is 5.75 Å². The Labute approximate surface area is 228 Å². The van der Waals surface area contributed by atoms with E-state index in [1.54, 1.807) is 0 Å². The highest BCUT2D eigenvalue weighted by Crippen LogP contribution is 2.39. The van der Waals surface area contributed by atoms with Gasteiger partial charge in [-0.3, -0.25) is 4.72 Å². The van der Waals surface area contributed by atoms with E-state index in [1.165, 1.54) is 56.9 Å². The number of sulfonamides is 1. The Balaban J connectivity index is 1.55. The second-order valence-electron chi connectivity index (χ2n) is 10.0. The summed E-state index contributed by atoms with van der Waals surface area (Å²) in [6.07, 6.45) is 8.52. The van der Waals surface area contributed by atoms with E-state index in [1.807, 2.05) is 24.3 Å². The van der Waals surface area contributed by atoms with Gasteiger partial charge in [0.15, 0.2) is 5.82 Å². The monoisotopic (exact) mass is 557 g/mol. The first-order valence-electron chi connectivity index (χ1n) is 13.2. The summed E-state index contributed by atoms with van der Waals surface area (Å²) in [5.41, 5.74) is 0.832. The van der Waals surface area contributed by atoms with Crippen LogP contribution in [0, 0.1) is 17.6 Å². The number of halogens is 2. The quantitative estimate of drug-likeness (QED) is 0.268. The van der Waals surface area contributed by atoms with E-state index in [0.717, 1.165) is 30.9 Å². The molecule has 9 heteroatoms. The molecule has 208 valence electrons. The Bertz CT molecular complexity index is 1430. The molecule has 0 heterocycles. The van der Waals surface area contributed by atoms with Gasteiger partial charge < -0.3 is 9.84 Å². The number of unbranched alkanes of at least 4 members (excludes halogenated alkanes) is 1. The summed E-state index contributed by atoms with van der Waals surface area (Å²) in [5.74, 6) is -2.59. The Morgan fingerprint density at radius 3 is 2.36 bits per heavy atom. The highest BCUT2D eigenvalue weighted by atomic mass is 32.2. The summed E-state index contributed by atoms with van der Waals surface area (Å²) in [6.45, 7) is 2.22. The molecule has 39 heavy (non-hydrogen) atoms. The molecule has 1 saturated carbocycles. The molecule has 0 radical (unpaired) electrons. The van der Waals surface area contributed by atoms with Crippen molar-refractivity contribution in [3.05, 3.63) is 77.4 Å². The third-order valence-corrected chi connectivity index (χ3v) is 8.91. The van der Waals surface area contributed by atoms with Crippen molar-refractivity contribution in [1.29, 1.82) is 0 Å². The Morgan fingerprint density at radius 1 is 1.05 bits per heavy atom. The van der Waals surface area contributed by atoms with Crippen molar-refractivity contribution >= 4 is 21.7 Å². The van der Waals surface area contributed by atoms with E-state index in [-0.39, 0.29) is 17.0 Å². The van der Waals surface area contributed by atoms with Crippen molar-refractivity contribution < 1.29 is 31.8 Å². The van der Waals surface area contributed by atoms with Gasteiger partial charge in [0.25, 0.3) is 10.0 Å². The van der Waals surface area contributed by atoms with Gasteiger partial charge in [-0.1, -0.05) is 62.6 Å². The number of benzene rings is 3. The molecule has 0 amide bonds. The van der Waals surface area contributed by atoms with Crippen LogP contribution in [-0.4, -0.2) is 26.6 Å². The average Bonchev–Trinajstić information content (AvgIpc) is 2.92. The first-order chi connectivity index (χ1) is 18.6. The SMILES string of the molecule is CCCC[C@H]1CC[C@@H](c2ccc(-c3cccc(S(=O)(=O)Nc4cc(F)c(C(=O)O)cc4OC)c3F)cc2)CC1. The number of hydrogen-bond donors (Lipinski definition) is 2. The van der Waals surface area contributed by atoms with Gasteiger partial charge in [0.2, 0.25) is 0 Å². The number of carboxylic acid groups (broad SMARTS) is 1. The van der Waals surface area contributed by atoms with Gasteiger partial charge in [-0.15, -0.1) is 0 Å². The van der Waals surface area contributed by atoms with Gasteiger partial charge in [-0.05, 0) is 60.8 Å². The van der Waals surface area contributed by atoms with Gasteiger partial charge in [0.1, 0.15) is 16.5 Å². The number of carbonyl (C=O) groups is 1. The maximum absolute atomic E-state index is 15.6. The third kappa shape index (κ3) is 6.41. The van der Waals surface area contributed by atoms with Gasteiger partial charge in [-0.2, -0.15) is 0 Å². The number of hydrogen-bond acceptors (Lipinski definition) is 4. The first-order valence-corrected chi connectivity index (χ1v) is 14.6. The smallest absolute Gasteiger partial charge is 0.338 e. The molecule has 1 aliphatic carbocycles. The standard InChI is InChI=1S/C30H33F2NO5S/c1-3-4-6-19-9-11-20(12-10-19)21-13-15-22(16-14-21)23-7-5-8-28(29(23)32)39(36,37)33-26-18-25(31)24(30(34)35)17-27(26)38-2/h5,7-8,13-20,33H,3-4,6,9-12H2,1-2H3,(H,34,35)/t19-,20+.